The maximum Gasteiger partial charge on any atom is 0.416 e. The number of carbonyl (C=O) groups excluding carboxylic acids is 2. The van der Waals surface area contributed by atoms with Crippen LogP contribution in [0, 0.1) is 0 Å². The second-order valence-corrected chi connectivity index (χ2v) is 12.8. The zero-order chi connectivity index (χ0) is 21.8. The monoisotopic (exact) mass is 419 g/mol. The summed E-state index contributed by atoms with van der Waals surface area (Å²) in [6, 6.07) is 3.00. The third-order valence-electron chi connectivity index (χ3n) is 4.92. The molecule has 0 saturated heterocycles. The molecule has 0 spiro atoms. The smallest absolute Gasteiger partial charge is 0.416 e. The van der Waals surface area contributed by atoms with Gasteiger partial charge in [0.05, 0.1) is 12.7 Å². The summed E-state index contributed by atoms with van der Waals surface area (Å²) in [5.41, 5.74) is -1.12. The number of halogens is 3. The predicted molar refractivity (Wildman–Crippen MR) is 102 cm³/mol. The summed E-state index contributed by atoms with van der Waals surface area (Å²) in [4.78, 5) is 24.4. The van der Waals surface area contributed by atoms with Crippen molar-refractivity contribution in [3.63, 3.8) is 0 Å². The van der Waals surface area contributed by atoms with E-state index in [1.54, 1.807) is 0 Å². The minimum Gasteiger partial charge on any atom is -0.467 e. The van der Waals surface area contributed by atoms with Crippen LogP contribution in [0.4, 0.5) is 13.2 Å². The molecule has 1 amide bonds. The lowest BCUT2D eigenvalue weighted by Crippen LogP contribution is -2.45. The van der Waals surface area contributed by atoms with Gasteiger partial charge in [0.15, 0.2) is 8.32 Å². The lowest BCUT2D eigenvalue weighted by atomic mass is 10.1. The van der Waals surface area contributed by atoms with Crippen LogP contribution in [0.25, 0.3) is 0 Å². The fourth-order valence-corrected chi connectivity index (χ4v) is 3.18. The van der Waals surface area contributed by atoms with Crippen molar-refractivity contribution in [1.82, 2.24) is 5.32 Å². The molecule has 5 nitrogen and oxygen atoms in total. The number of rotatable bonds is 7. The predicted octanol–water partition coefficient (Wildman–Crippen LogP) is 4.39. The van der Waals surface area contributed by atoms with Gasteiger partial charge in [-0.05, 0) is 36.3 Å². The van der Waals surface area contributed by atoms with E-state index >= 15 is 0 Å². The van der Waals surface area contributed by atoms with Crippen LogP contribution in [0.3, 0.4) is 0 Å². The molecule has 0 fully saturated rings. The van der Waals surface area contributed by atoms with Crippen molar-refractivity contribution < 1.29 is 31.9 Å². The average molecular weight is 420 g/mol. The van der Waals surface area contributed by atoms with Crippen molar-refractivity contribution in [3.8, 4) is 0 Å². The Morgan fingerprint density at radius 2 is 1.79 bits per heavy atom. The molecule has 0 aliphatic heterocycles. The molecule has 0 saturated carbocycles. The molecule has 1 aromatic rings. The van der Waals surface area contributed by atoms with Crippen LogP contribution >= 0.6 is 0 Å². The Hall–Kier alpha value is -1.87. The molecular formula is C19H28F3NO4Si. The lowest BCUT2D eigenvalue weighted by molar-refractivity contribution is -0.143. The summed E-state index contributed by atoms with van der Waals surface area (Å²) in [6.07, 6.45) is -4.40. The van der Waals surface area contributed by atoms with Gasteiger partial charge >= 0.3 is 12.1 Å². The third-order valence-corrected chi connectivity index (χ3v) is 9.46. The number of carbonyl (C=O) groups is 2. The number of esters is 1. The molecule has 0 aliphatic rings. The molecule has 1 aromatic carbocycles. The Bertz CT molecular complexity index is 699. The maximum atomic E-state index is 12.8. The molecule has 0 heterocycles. The van der Waals surface area contributed by atoms with Crippen LogP contribution in [-0.4, -0.2) is 40.0 Å². The molecular weight excluding hydrogens is 391 g/mol. The minimum atomic E-state index is -4.56. The molecule has 0 bridgehead atoms. The summed E-state index contributed by atoms with van der Waals surface area (Å²) < 4.78 is 49.2. The van der Waals surface area contributed by atoms with Crippen molar-refractivity contribution in [1.29, 1.82) is 0 Å². The Balaban J connectivity index is 2.85. The molecule has 9 heteroatoms. The summed E-state index contributed by atoms with van der Waals surface area (Å²) >= 11 is 0. The Morgan fingerprint density at radius 1 is 1.18 bits per heavy atom. The van der Waals surface area contributed by atoms with Crippen LogP contribution < -0.4 is 5.32 Å². The topological polar surface area (TPSA) is 64.6 Å². The standard InChI is InChI=1S/C19H28F3NO4Si/c1-18(2,3)28(5,6)27-11-10-15(17(25)26-4)23-16(24)13-8-7-9-14(12-13)19(20,21)22/h7-9,12,15H,10-11H2,1-6H3,(H,23,24)/t15-/m0/s1. The SMILES string of the molecule is COC(=O)[C@H](CCO[Si](C)(C)C(C)(C)C)NC(=O)c1cccc(C(F)(F)F)c1. The van der Waals surface area contributed by atoms with Crippen molar-refractivity contribution >= 4 is 20.2 Å². The zero-order valence-corrected chi connectivity index (χ0v) is 18.1. The normalized spacial score (nSPS) is 13.8. The highest BCUT2D eigenvalue weighted by Gasteiger charge is 2.37. The summed E-state index contributed by atoms with van der Waals surface area (Å²) in [5, 5.41) is 2.42. The van der Waals surface area contributed by atoms with Gasteiger partial charge in [0, 0.05) is 18.6 Å². The van der Waals surface area contributed by atoms with Gasteiger partial charge in [-0.1, -0.05) is 26.8 Å². The lowest BCUT2D eigenvalue weighted by Gasteiger charge is -2.36. The minimum absolute atomic E-state index is 0.0188. The fourth-order valence-electron chi connectivity index (χ4n) is 2.12. The second kappa shape index (κ2) is 9.08. The Labute approximate surface area is 164 Å². The van der Waals surface area contributed by atoms with Gasteiger partial charge in [-0.25, -0.2) is 4.79 Å². The van der Waals surface area contributed by atoms with Gasteiger partial charge in [0.25, 0.3) is 5.91 Å². The summed E-state index contributed by atoms with van der Waals surface area (Å²) in [6.45, 7) is 10.6. The van der Waals surface area contributed by atoms with E-state index in [4.69, 9.17) is 9.16 Å². The number of ether oxygens (including phenoxy) is 1. The van der Waals surface area contributed by atoms with Crippen LogP contribution in [0.15, 0.2) is 24.3 Å². The van der Waals surface area contributed by atoms with Crippen LogP contribution in [0.1, 0.15) is 43.1 Å². The van der Waals surface area contributed by atoms with Gasteiger partial charge in [0.2, 0.25) is 0 Å². The van der Waals surface area contributed by atoms with Gasteiger partial charge in [0.1, 0.15) is 6.04 Å². The number of nitrogens with one attached hydrogen (secondary N) is 1. The first kappa shape index (κ1) is 24.2. The molecule has 1 atom stereocenters. The number of methoxy groups -OCH3 is 1. The van der Waals surface area contributed by atoms with Crippen molar-refractivity contribution in [3.05, 3.63) is 35.4 Å². The van der Waals surface area contributed by atoms with Gasteiger partial charge in [-0.2, -0.15) is 13.2 Å². The van der Waals surface area contributed by atoms with E-state index in [-0.39, 0.29) is 23.6 Å². The first-order valence-corrected chi connectivity index (χ1v) is 11.8. The number of benzene rings is 1. The van der Waals surface area contributed by atoms with Crippen LogP contribution in [-0.2, 0) is 20.1 Å². The number of amides is 1. The van der Waals surface area contributed by atoms with E-state index in [0.717, 1.165) is 18.2 Å². The molecule has 28 heavy (non-hydrogen) atoms. The number of hydrogen-bond donors (Lipinski definition) is 1. The number of hydrogen-bond acceptors (Lipinski definition) is 4. The van der Waals surface area contributed by atoms with Gasteiger partial charge < -0.3 is 14.5 Å². The fraction of sp³-hybridized carbons (Fsp3) is 0.579. The first-order chi connectivity index (χ1) is 12.7. The molecule has 0 radical (unpaired) electrons. The highest BCUT2D eigenvalue weighted by molar-refractivity contribution is 6.74. The second-order valence-electron chi connectivity index (χ2n) is 8.03. The molecule has 158 valence electrons. The zero-order valence-electron chi connectivity index (χ0n) is 17.1. The van der Waals surface area contributed by atoms with Gasteiger partial charge in [-0.3, -0.25) is 4.79 Å². The maximum absolute atomic E-state index is 12.8. The quantitative estimate of drug-likeness (QED) is 0.526. The van der Waals surface area contributed by atoms with Crippen LogP contribution in [0.5, 0.6) is 0 Å². The van der Waals surface area contributed by atoms with E-state index in [0.29, 0.717) is 0 Å². The third kappa shape index (κ3) is 6.63. The Morgan fingerprint density at radius 3 is 2.29 bits per heavy atom. The molecule has 1 rings (SSSR count). The molecule has 1 N–H and O–H groups in total. The van der Waals surface area contributed by atoms with E-state index < -0.39 is 38.0 Å². The van der Waals surface area contributed by atoms with Crippen molar-refractivity contribution in [2.75, 3.05) is 13.7 Å². The molecule has 0 aliphatic carbocycles. The van der Waals surface area contributed by atoms with Crippen molar-refractivity contribution in [2.24, 2.45) is 0 Å². The van der Waals surface area contributed by atoms with E-state index in [9.17, 15) is 22.8 Å². The Kier molecular flexibility index (Phi) is 7.84. The first-order valence-electron chi connectivity index (χ1n) is 8.89. The van der Waals surface area contributed by atoms with E-state index in [1.165, 1.54) is 13.2 Å². The molecule has 0 unspecified atom stereocenters. The van der Waals surface area contributed by atoms with Crippen molar-refractivity contribution in [2.45, 2.75) is 57.5 Å². The van der Waals surface area contributed by atoms with Gasteiger partial charge in [-0.15, -0.1) is 0 Å². The summed E-state index contributed by atoms with van der Waals surface area (Å²) in [5.74, 6) is -1.46. The number of alkyl halides is 3. The van der Waals surface area contributed by atoms with Crippen LogP contribution in [0.2, 0.25) is 18.1 Å². The highest BCUT2D eigenvalue weighted by Crippen LogP contribution is 2.36. The van der Waals surface area contributed by atoms with E-state index in [1.807, 2.05) is 0 Å². The molecule has 0 aromatic heterocycles. The average Bonchev–Trinajstić information content (AvgIpc) is 2.58. The summed E-state index contributed by atoms with van der Waals surface area (Å²) in [7, 11) is -0.858. The largest absolute Gasteiger partial charge is 0.467 e. The highest BCUT2D eigenvalue weighted by atomic mass is 28.4. The van der Waals surface area contributed by atoms with E-state index in [2.05, 4.69) is 39.2 Å².